The van der Waals surface area contributed by atoms with Gasteiger partial charge in [0.25, 0.3) is 0 Å². The first-order chi connectivity index (χ1) is 11.1. The highest BCUT2D eigenvalue weighted by Crippen LogP contribution is 2.53. The van der Waals surface area contributed by atoms with Crippen LogP contribution >= 0.6 is 34.8 Å². The molecule has 4 heteroatoms. The molecular weight excluding hydrogens is 349 g/mol. The highest BCUT2D eigenvalue weighted by atomic mass is 35.5. The second-order valence-electron chi connectivity index (χ2n) is 6.27. The Morgan fingerprint density at radius 3 is 2.70 bits per heavy atom. The van der Waals surface area contributed by atoms with Crippen LogP contribution in [0.15, 0.2) is 42.5 Å². The Morgan fingerprint density at radius 2 is 1.87 bits per heavy atom. The predicted molar refractivity (Wildman–Crippen MR) is 99.0 cm³/mol. The number of halogens is 3. The molecule has 1 N–H and O–H groups in total. The number of nitrogens with one attached hydrogen (secondary N) is 1. The van der Waals surface area contributed by atoms with Gasteiger partial charge in [0, 0.05) is 22.2 Å². The summed E-state index contributed by atoms with van der Waals surface area (Å²) in [6, 6.07) is 10.0. The monoisotopic (exact) mass is 363 g/mol. The van der Waals surface area contributed by atoms with Crippen LogP contribution in [0.2, 0.25) is 15.1 Å². The summed E-state index contributed by atoms with van der Waals surface area (Å²) in [5, 5.41) is 5.76. The van der Waals surface area contributed by atoms with E-state index in [-0.39, 0.29) is 6.04 Å². The Bertz CT molecular complexity index is 813. The summed E-state index contributed by atoms with van der Waals surface area (Å²) in [7, 11) is 0. The number of aryl methyl sites for hydroxylation is 1. The second kappa shape index (κ2) is 5.73. The van der Waals surface area contributed by atoms with E-state index in [0.717, 1.165) is 22.7 Å². The highest BCUT2D eigenvalue weighted by Gasteiger charge is 2.40. The van der Waals surface area contributed by atoms with Crippen molar-refractivity contribution < 1.29 is 0 Å². The third-order valence-corrected chi connectivity index (χ3v) is 6.15. The fourth-order valence-corrected chi connectivity index (χ4v) is 4.59. The number of allylic oxidation sites excluding steroid dienone is 2. The molecule has 0 spiro atoms. The van der Waals surface area contributed by atoms with Crippen LogP contribution in [0.5, 0.6) is 0 Å². The van der Waals surface area contributed by atoms with E-state index in [0.29, 0.717) is 21.9 Å². The Labute approximate surface area is 151 Å². The first-order valence-electron chi connectivity index (χ1n) is 7.74. The van der Waals surface area contributed by atoms with Crippen LogP contribution in [-0.4, -0.2) is 0 Å². The third-order valence-electron chi connectivity index (χ3n) is 4.99. The number of fused-ring (bicyclic) bond motifs is 3. The summed E-state index contributed by atoms with van der Waals surface area (Å²) in [6.45, 7) is 2.11. The molecule has 2 aliphatic rings. The van der Waals surface area contributed by atoms with Gasteiger partial charge in [-0.1, -0.05) is 65.2 Å². The Morgan fingerprint density at radius 1 is 1.04 bits per heavy atom. The van der Waals surface area contributed by atoms with Crippen LogP contribution in [0.25, 0.3) is 0 Å². The third kappa shape index (κ3) is 2.38. The van der Waals surface area contributed by atoms with Gasteiger partial charge in [-0.05, 0) is 42.5 Å². The van der Waals surface area contributed by atoms with Crippen molar-refractivity contribution in [1.82, 2.24) is 0 Å². The molecule has 0 saturated heterocycles. The Kier molecular flexibility index (Phi) is 3.84. The van der Waals surface area contributed by atoms with Gasteiger partial charge < -0.3 is 5.32 Å². The van der Waals surface area contributed by atoms with Crippen molar-refractivity contribution in [2.75, 3.05) is 5.32 Å². The SMILES string of the molecule is Cc1ccc(Cl)c2c1N[C@H](c1cccc(Cl)c1Cl)[C@@H]1CC=C[C@@H]21. The van der Waals surface area contributed by atoms with E-state index in [1.165, 1.54) is 11.1 Å². The molecule has 0 unspecified atom stereocenters. The standard InChI is InChI=1S/C19H16Cl3N/c1-10-8-9-14(20)16-11-4-2-5-12(11)19(23-18(10)16)13-6-3-7-15(21)17(13)22/h2-4,6-9,11-12,19,23H,5H2,1H3/t11-,12-,19+/m1/s1. The molecule has 0 radical (unpaired) electrons. The van der Waals surface area contributed by atoms with Crippen molar-refractivity contribution in [2.24, 2.45) is 5.92 Å². The number of benzene rings is 2. The van der Waals surface area contributed by atoms with E-state index >= 15 is 0 Å². The van der Waals surface area contributed by atoms with E-state index in [1.54, 1.807) is 0 Å². The number of anilines is 1. The molecule has 23 heavy (non-hydrogen) atoms. The summed E-state index contributed by atoms with van der Waals surface area (Å²) in [5.74, 6) is 0.719. The maximum Gasteiger partial charge on any atom is 0.0645 e. The molecule has 0 amide bonds. The molecule has 1 nitrogen and oxygen atoms in total. The fourth-order valence-electron chi connectivity index (χ4n) is 3.88. The lowest BCUT2D eigenvalue weighted by Gasteiger charge is -2.39. The zero-order valence-electron chi connectivity index (χ0n) is 12.6. The van der Waals surface area contributed by atoms with Gasteiger partial charge in [-0.25, -0.2) is 0 Å². The van der Waals surface area contributed by atoms with Gasteiger partial charge in [0.1, 0.15) is 0 Å². The van der Waals surface area contributed by atoms with Crippen molar-refractivity contribution >= 4 is 40.5 Å². The average molecular weight is 365 g/mol. The highest BCUT2D eigenvalue weighted by molar-refractivity contribution is 6.42. The second-order valence-corrected chi connectivity index (χ2v) is 7.46. The van der Waals surface area contributed by atoms with Gasteiger partial charge in [-0.2, -0.15) is 0 Å². The van der Waals surface area contributed by atoms with Crippen LogP contribution < -0.4 is 5.32 Å². The molecule has 2 aromatic carbocycles. The van der Waals surface area contributed by atoms with Crippen molar-refractivity contribution in [3.05, 3.63) is 74.2 Å². The van der Waals surface area contributed by atoms with Crippen LogP contribution in [0, 0.1) is 12.8 Å². The smallest absolute Gasteiger partial charge is 0.0645 e. The van der Waals surface area contributed by atoms with Crippen LogP contribution in [0.4, 0.5) is 5.69 Å². The van der Waals surface area contributed by atoms with Gasteiger partial charge >= 0.3 is 0 Å². The van der Waals surface area contributed by atoms with Gasteiger partial charge in [0.2, 0.25) is 0 Å². The molecule has 3 atom stereocenters. The van der Waals surface area contributed by atoms with Crippen LogP contribution in [0.1, 0.15) is 35.1 Å². The van der Waals surface area contributed by atoms with Crippen molar-refractivity contribution in [3.8, 4) is 0 Å². The largest absolute Gasteiger partial charge is 0.377 e. The lowest BCUT2D eigenvalue weighted by atomic mass is 9.76. The molecule has 4 rings (SSSR count). The van der Waals surface area contributed by atoms with E-state index in [2.05, 4.69) is 36.5 Å². The lowest BCUT2D eigenvalue weighted by molar-refractivity contribution is 0.425. The summed E-state index contributed by atoms with van der Waals surface area (Å²) in [6.07, 6.45) is 5.53. The lowest BCUT2D eigenvalue weighted by Crippen LogP contribution is -2.30. The fraction of sp³-hybridized carbons (Fsp3) is 0.263. The molecular formula is C19H16Cl3N. The topological polar surface area (TPSA) is 12.0 Å². The molecule has 0 fully saturated rings. The minimum absolute atomic E-state index is 0.130. The van der Waals surface area contributed by atoms with E-state index < -0.39 is 0 Å². The molecule has 1 heterocycles. The first kappa shape index (κ1) is 15.4. The normalized spacial score (nSPS) is 25.0. The predicted octanol–water partition coefficient (Wildman–Crippen LogP) is 6.78. The maximum atomic E-state index is 6.51. The quantitative estimate of drug-likeness (QED) is 0.550. The van der Waals surface area contributed by atoms with Gasteiger partial charge in [-0.3, -0.25) is 0 Å². The van der Waals surface area contributed by atoms with Crippen LogP contribution in [0.3, 0.4) is 0 Å². The van der Waals surface area contributed by atoms with E-state index in [4.69, 9.17) is 34.8 Å². The summed E-state index contributed by atoms with van der Waals surface area (Å²) in [5.41, 5.74) is 4.60. The van der Waals surface area contributed by atoms with Crippen LogP contribution in [-0.2, 0) is 0 Å². The minimum Gasteiger partial charge on any atom is -0.377 e. The minimum atomic E-state index is 0.130. The van der Waals surface area contributed by atoms with E-state index in [9.17, 15) is 0 Å². The van der Waals surface area contributed by atoms with E-state index in [1.807, 2.05) is 18.2 Å². The zero-order valence-corrected chi connectivity index (χ0v) is 14.9. The van der Waals surface area contributed by atoms with Crippen molar-refractivity contribution in [3.63, 3.8) is 0 Å². The molecule has 118 valence electrons. The van der Waals surface area contributed by atoms with Gasteiger partial charge in [-0.15, -0.1) is 0 Å². The van der Waals surface area contributed by atoms with Gasteiger partial charge in [0.15, 0.2) is 0 Å². The zero-order chi connectivity index (χ0) is 16.1. The van der Waals surface area contributed by atoms with Gasteiger partial charge in [0.05, 0.1) is 16.1 Å². The summed E-state index contributed by atoms with van der Waals surface area (Å²) < 4.78 is 0. The summed E-state index contributed by atoms with van der Waals surface area (Å²) in [4.78, 5) is 0. The molecule has 1 aliphatic carbocycles. The summed E-state index contributed by atoms with van der Waals surface area (Å²) >= 11 is 19.2. The maximum absolute atomic E-state index is 6.51. The Balaban J connectivity index is 1.88. The molecule has 1 aliphatic heterocycles. The molecule has 0 saturated carbocycles. The number of hydrogen-bond donors (Lipinski definition) is 1. The van der Waals surface area contributed by atoms with Crippen molar-refractivity contribution in [2.45, 2.75) is 25.3 Å². The molecule has 2 aromatic rings. The Hall–Kier alpha value is -1.15. The number of rotatable bonds is 1. The average Bonchev–Trinajstić information content (AvgIpc) is 3.02. The number of hydrogen-bond acceptors (Lipinski definition) is 1. The molecule has 0 bridgehead atoms. The molecule has 0 aromatic heterocycles. The van der Waals surface area contributed by atoms with Crippen molar-refractivity contribution in [1.29, 1.82) is 0 Å². The first-order valence-corrected chi connectivity index (χ1v) is 8.87.